The molecular formula is C17H22N2O. The minimum Gasteiger partial charge on any atom is -0.299 e. The Balaban J connectivity index is 2.04. The first-order chi connectivity index (χ1) is 9.62. The molecule has 0 N–H and O–H groups in total. The van der Waals surface area contributed by atoms with Crippen molar-refractivity contribution in [3.63, 3.8) is 0 Å². The number of carbonyl (C=O) groups excluding carboxylic acids is 1. The zero-order valence-electron chi connectivity index (χ0n) is 12.5. The Hall–Kier alpha value is -1.90. The monoisotopic (exact) mass is 270 g/mol. The van der Waals surface area contributed by atoms with Gasteiger partial charge >= 0.3 is 0 Å². The number of nitrogens with zero attached hydrogens (tertiary/aromatic N) is 2. The summed E-state index contributed by atoms with van der Waals surface area (Å²) in [4.78, 5) is 12.2. The first kappa shape index (κ1) is 14.5. The summed E-state index contributed by atoms with van der Waals surface area (Å²) in [6.07, 6.45) is 1.87. The van der Waals surface area contributed by atoms with E-state index in [2.05, 4.69) is 31.9 Å². The highest BCUT2D eigenvalue weighted by atomic mass is 16.1. The van der Waals surface area contributed by atoms with Crippen LogP contribution in [0.1, 0.15) is 36.4 Å². The van der Waals surface area contributed by atoms with Crippen molar-refractivity contribution in [2.75, 3.05) is 0 Å². The number of rotatable bonds is 6. The molecule has 1 aromatic carbocycles. The number of carbonyl (C=O) groups is 1. The molecule has 0 atom stereocenters. The largest absolute Gasteiger partial charge is 0.299 e. The van der Waals surface area contributed by atoms with E-state index in [-0.39, 0.29) is 5.78 Å². The van der Waals surface area contributed by atoms with Gasteiger partial charge in [-0.25, -0.2) is 0 Å². The molecule has 0 aliphatic heterocycles. The minimum atomic E-state index is 0.242. The number of aryl methyl sites for hydroxylation is 3. The van der Waals surface area contributed by atoms with Crippen LogP contribution in [0.5, 0.6) is 0 Å². The standard InChI is InChI=1S/C17H22N2O/c1-4-15-11-16(19(5-2)18-15)12-17(20)10-14-8-6-13(3)7-9-14/h6-9,11H,4-5,10,12H2,1-3H3. The van der Waals surface area contributed by atoms with E-state index in [4.69, 9.17) is 0 Å². The molecule has 0 unspecified atom stereocenters. The predicted octanol–water partition coefficient (Wildman–Crippen LogP) is 3.13. The molecule has 2 rings (SSSR count). The summed E-state index contributed by atoms with van der Waals surface area (Å²) in [5, 5.41) is 4.48. The molecule has 0 saturated heterocycles. The van der Waals surface area contributed by atoms with Crippen LogP contribution >= 0.6 is 0 Å². The molecule has 106 valence electrons. The van der Waals surface area contributed by atoms with Gasteiger partial charge in [0.2, 0.25) is 0 Å². The Bertz CT molecular complexity index is 582. The van der Waals surface area contributed by atoms with Gasteiger partial charge < -0.3 is 0 Å². The van der Waals surface area contributed by atoms with Gasteiger partial charge in [0.1, 0.15) is 5.78 Å². The lowest BCUT2D eigenvalue weighted by molar-refractivity contribution is -0.117. The highest BCUT2D eigenvalue weighted by Crippen LogP contribution is 2.10. The first-order valence-corrected chi connectivity index (χ1v) is 7.25. The second-order valence-corrected chi connectivity index (χ2v) is 5.17. The van der Waals surface area contributed by atoms with E-state index in [9.17, 15) is 4.79 Å². The zero-order valence-corrected chi connectivity index (χ0v) is 12.5. The summed E-state index contributed by atoms with van der Waals surface area (Å²) in [5.74, 6) is 0.242. The van der Waals surface area contributed by atoms with Crippen LogP contribution in [0.2, 0.25) is 0 Å². The molecule has 0 saturated carbocycles. The molecule has 3 heteroatoms. The molecule has 0 amide bonds. The third-order valence-corrected chi connectivity index (χ3v) is 3.48. The molecule has 0 radical (unpaired) electrons. The summed E-state index contributed by atoms with van der Waals surface area (Å²) < 4.78 is 1.94. The van der Waals surface area contributed by atoms with Gasteiger partial charge in [-0.15, -0.1) is 0 Å². The molecule has 0 aliphatic carbocycles. The third kappa shape index (κ3) is 3.56. The lowest BCUT2D eigenvalue weighted by Crippen LogP contribution is -2.11. The smallest absolute Gasteiger partial charge is 0.143 e. The zero-order chi connectivity index (χ0) is 14.5. The van der Waals surface area contributed by atoms with Crippen LogP contribution in [-0.2, 0) is 30.6 Å². The van der Waals surface area contributed by atoms with E-state index in [0.29, 0.717) is 12.8 Å². The Labute approximate surface area is 120 Å². The van der Waals surface area contributed by atoms with Crippen molar-refractivity contribution in [2.45, 2.75) is 46.6 Å². The molecular weight excluding hydrogens is 248 g/mol. The number of Topliss-reactive ketones (excluding diaryl/α,β-unsaturated/α-hetero) is 1. The number of aromatic nitrogens is 2. The van der Waals surface area contributed by atoms with Crippen LogP contribution < -0.4 is 0 Å². The van der Waals surface area contributed by atoms with Crippen molar-refractivity contribution >= 4 is 5.78 Å². The highest BCUT2D eigenvalue weighted by Gasteiger charge is 2.11. The number of hydrogen-bond donors (Lipinski definition) is 0. The molecule has 1 aromatic heterocycles. The van der Waals surface area contributed by atoms with Crippen LogP contribution in [0.3, 0.4) is 0 Å². The van der Waals surface area contributed by atoms with Crippen LogP contribution in [0.25, 0.3) is 0 Å². The average molecular weight is 270 g/mol. The van der Waals surface area contributed by atoms with Crippen molar-refractivity contribution in [1.82, 2.24) is 9.78 Å². The fourth-order valence-corrected chi connectivity index (χ4v) is 2.30. The highest BCUT2D eigenvalue weighted by molar-refractivity contribution is 5.82. The maximum Gasteiger partial charge on any atom is 0.143 e. The molecule has 0 aliphatic rings. The van der Waals surface area contributed by atoms with E-state index in [0.717, 1.165) is 29.9 Å². The second-order valence-electron chi connectivity index (χ2n) is 5.17. The first-order valence-electron chi connectivity index (χ1n) is 7.25. The van der Waals surface area contributed by atoms with E-state index in [1.54, 1.807) is 0 Å². The summed E-state index contributed by atoms with van der Waals surface area (Å²) in [6.45, 7) is 7.01. The Kier molecular flexibility index (Phi) is 4.72. The van der Waals surface area contributed by atoms with Gasteiger partial charge in [0, 0.05) is 25.1 Å². The van der Waals surface area contributed by atoms with Crippen LogP contribution in [0.15, 0.2) is 30.3 Å². The van der Waals surface area contributed by atoms with Gasteiger partial charge in [-0.1, -0.05) is 36.8 Å². The third-order valence-electron chi connectivity index (χ3n) is 3.48. The van der Waals surface area contributed by atoms with Crippen molar-refractivity contribution in [3.8, 4) is 0 Å². The topological polar surface area (TPSA) is 34.9 Å². The molecule has 2 aromatic rings. The fraction of sp³-hybridized carbons (Fsp3) is 0.412. The Morgan fingerprint density at radius 3 is 2.45 bits per heavy atom. The van der Waals surface area contributed by atoms with Crippen molar-refractivity contribution in [2.24, 2.45) is 0 Å². The molecule has 3 nitrogen and oxygen atoms in total. The van der Waals surface area contributed by atoms with Crippen LogP contribution in [-0.4, -0.2) is 15.6 Å². The Morgan fingerprint density at radius 2 is 1.85 bits per heavy atom. The summed E-state index contributed by atoms with van der Waals surface area (Å²) in [6, 6.07) is 10.2. The van der Waals surface area contributed by atoms with Crippen molar-refractivity contribution < 1.29 is 4.79 Å². The quantitative estimate of drug-likeness (QED) is 0.808. The second kappa shape index (κ2) is 6.51. The number of hydrogen-bond acceptors (Lipinski definition) is 2. The molecule has 0 bridgehead atoms. The summed E-state index contributed by atoms with van der Waals surface area (Å²) in [7, 11) is 0. The van der Waals surface area contributed by atoms with E-state index < -0.39 is 0 Å². The molecule has 1 heterocycles. The van der Waals surface area contributed by atoms with E-state index >= 15 is 0 Å². The van der Waals surface area contributed by atoms with E-state index in [1.165, 1.54) is 5.56 Å². The van der Waals surface area contributed by atoms with Gasteiger partial charge in [0.05, 0.1) is 5.69 Å². The van der Waals surface area contributed by atoms with Gasteiger partial charge in [-0.2, -0.15) is 5.10 Å². The van der Waals surface area contributed by atoms with Crippen LogP contribution in [0, 0.1) is 6.92 Å². The number of benzene rings is 1. The minimum absolute atomic E-state index is 0.242. The Morgan fingerprint density at radius 1 is 1.15 bits per heavy atom. The lowest BCUT2D eigenvalue weighted by atomic mass is 10.0. The van der Waals surface area contributed by atoms with Gasteiger partial charge in [0.15, 0.2) is 0 Å². The maximum absolute atomic E-state index is 12.2. The SMILES string of the molecule is CCc1cc(CC(=O)Cc2ccc(C)cc2)n(CC)n1. The predicted molar refractivity (Wildman–Crippen MR) is 80.9 cm³/mol. The number of ketones is 1. The van der Waals surface area contributed by atoms with E-state index in [1.807, 2.05) is 28.9 Å². The van der Waals surface area contributed by atoms with Gasteiger partial charge in [-0.3, -0.25) is 9.48 Å². The van der Waals surface area contributed by atoms with Gasteiger partial charge in [0.25, 0.3) is 0 Å². The van der Waals surface area contributed by atoms with Crippen molar-refractivity contribution in [1.29, 1.82) is 0 Å². The van der Waals surface area contributed by atoms with Crippen molar-refractivity contribution in [3.05, 3.63) is 52.8 Å². The van der Waals surface area contributed by atoms with Crippen LogP contribution in [0.4, 0.5) is 0 Å². The maximum atomic E-state index is 12.2. The average Bonchev–Trinajstić information content (AvgIpc) is 2.83. The summed E-state index contributed by atoms with van der Waals surface area (Å²) in [5.41, 5.74) is 4.39. The normalized spacial score (nSPS) is 10.8. The van der Waals surface area contributed by atoms with Gasteiger partial charge in [-0.05, 0) is 31.9 Å². The molecule has 0 fully saturated rings. The molecule has 20 heavy (non-hydrogen) atoms. The lowest BCUT2D eigenvalue weighted by Gasteiger charge is -2.04. The molecule has 0 spiro atoms. The summed E-state index contributed by atoms with van der Waals surface area (Å²) >= 11 is 0. The fourth-order valence-electron chi connectivity index (χ4n) is 2.30.